The molecule has 0 radical (unpaired) electrons. The molecule has 1 saturated heterocycles. The number of benzene rings is 2. The fraction of sp³-hybridized carbons (Fsp3) is 0.276. The summed E-state index contributed by atoms with van der Waals surface area (Å²) in [5.74, 6) is 1.15. The lowest BCUT2D eigenvalue weighted by Gasteiger charge is -2.34. The van der Waals surface area contributed by atoms with Gasteiger partial charge in [-0.1, -0.05) is 12.1 Å². The zero-order valence-electron chi connectivity index (χ0n) is 20.8. The van der Waals surface area contributed by atoms with Crippen molar-refractivity contribution in [3.05, 3.63) is 89.0 Å². The highest BCUT2D eigenvalue weighted by Crippen LogP contribution is 2.24. The van der Waals surface area contributed by atoms with E-state index in [0.29, 0.717) is 41.1 Å². The highest BCUT2D eigenvalue weighted by Gasteiger charge is 2.21. The van der Waals surface area contributed by atoms with Crippen LogP contribution in [0.5, 0.6) is 11.5 Å². The number of carbonyl (C=O) groups is 1. The molecule has 2 aromatic carbocycles. The summed E-state index contributed by atoms with van der Waals surface area (Å²) in [6.07, 6.45) is 6.05. The minimum absolute atomic E-state index is 0.0508. The van der Waals surface area contributed by atoms with Gasteiger partial charge in [-0.15, -0.1) is 0 Å². The van der Waals surface area contributed by atoms with Crippen molar-refractivity contribution < 1.29 is 18.7 Å². The fourth-order valence-corrected chi connectivity index (χ4v) is 4.46. The van der Waals surface area contributed by atoms with Crippen molar-refractivity contribution in [2.45, 2.75) is 6.42 Å². The smallest absolute Gasteiger partial charge is 0.260 e. The molecule has 2 aromatic heterocycles. The van der Waals surface area contributed by atoms with Crippen LogP contribution in [0.1, 0.15) is 5.56 Å². The number of hydrogen-bond donors (Lipinski definition) is 0. The molecule has 0 unspecified atom stereocenters. The van der Waals surface area contributed by atoms with Crippen LogP contribution in [-0.2, 0) is 11.2 Å². The second-order valence-electron chi connectivity index (χ2n) is 8.98. The number of carbonyl (C=O) groups excluding carboxylic acids is 1. The highest BCUT2D eigenvalue weighted by atomic mass is 16.5. The molecular formula is C29H29N3O5. The molecule has 8 nitrogen and oxygen atoms in total. The van der Waals surface area contributed by atoms with Crippen molar-refractivity contribution in [3.63, 3.8) is 0 Å². The van der Waals surface area contributed by atoms with Gasteiger partial charge in [0.15, 0.2) is 12.0 Å². The Hall–Kier alpha value is -4.17. The number of ether oxygens (including phenoxy) is 2. The third-order valence-electron chi connectivity index (χ3n) is 6.70. The van der Waals surface area contributed by atoms with E-state index in [4.69, 9.17) is 13.9 Å². The first-order valence-electron chi connectivity index (χ1n) is 12.3. The van der Waals surface area contributed by atoms with E-state index in [9.17, 15) is 9.59 Å². The Kier molecular flexibility index (Phi) is 7.46. The molecule has 190 valence electrons. The van der Waals surface area contributed by atoms with Gasteiger partial charge in [0.2, 0.25) is 0 Å². The molecular weight excluding hydrogens is 470 g/mol. The minimum atomic E-state index is -0.129. The second-order valence-corrected chi connectivity index (χ2v) is 8.98. The topological polar surface area (TPSA) is 85.1 Å². The molecule has 37 heavy (non-hydrogen) atoms. The molecule has 0 spiro atoms. The number of rotatable bonds is 8. The van der Waals surface area contributed by atoms with Crippen LogP contribution >= 0.6 is 0 Å². The highest BCUT2D eigenvalue weighted by molar-refractivity contribution is 5.83. The monoisotopic (exact) mass is 499 g/mol. The van der Waals surface area contributed by atoms with Crippen LogP contribution in [-0.4, -0.2) is 67.1 Å². The number of fused-ring (bicyclic) bond motifs is 1. The molecule has 0 atom stereocenters. The van der Waals surface area contributed by atoms with Crippen LogP contribution in [0.3, 0.4) is 0 Å². The zero-order valence-corrected chi connectivity index (χ0v) is 20.8. The van der Waals surface area contributed by atoms with Crippen LogP contribution in [0, 0.1) is 0 Å². The van der Waals surface area contributed by atoms with Crippen LogP contribution < -0.4 is 14.9 Å². The Morgan fingerprint density at radius 3 is 2.43 bits per heavy atom. The average Bonchev–Trinajstić information content (AvgIpc) is 2.96. The Labute approximate surface area is 215 Å². The maximum absolute atomic E-state index is 13.0. The van der Waals surface area contributed by atoms with Gasteiger partial charge in [-0.25, -0.2) is 0 Å². The van der Waals surface area contributed by atoms with E-state index in [1.165, 1.54) is 11.8 Å². The largest absolute Gasteiger partial charge is 0.497 e. The Bertz CT molecular complexity index is 1410. The maximum atomic E-state index is 13.0. The molecule has 8 heteroatoms. The van der Waals surface area contributed by atoms with Gasteiger partial charge in [-0.2, -0.15) is 0 Å². The predicted octanol–water partition coefficient (Wildman–Crippen LogP) is 3.63. The van der Waals surface area contributed by atoms with Gasteiger partial charge in [0.25, 0.3) is 5.91 Å². The third-order valence-corrected chi connectivity index (χ3v) is 6.70. The number of piperazine rings is 1. The summed E-state index contributed by atoms with van der Waals surface area (Å²) in [4.78, 5) is 34.0. The van der Waals surface area contributed by atoms with Crippen molar-refractivity contribution in [3.8, 4) is 22.6 Å². The van der Waals surface area contributed by atoms with E-state index >= 15 is 0 Å². The summed E-state index contributed by atoms with van der Waals surface area (Å²) in [5.41, 5.74) is 2.77. The van der Waals surface area contributed by atoms with Crippen molar-refractivity contribution in [2.24, 2.45) is 0 Å². The summed E-state index contributed by atoms with van der Waals surface area (Å²) in [6, 6.07) is 16.3. The van der Waals surface area contributed by atoms with Crippen LogP contribution in [0.15, 0.2) is 82.5 Å². The molecule has 5 rings (SSSR count). The van der Waals surface area contributed by atoms with E-state index in [2.05, 4.69) is 9.88 Å². The van der Waals surface area contributed by atoms with Gasteiger partial charge in [0.1, 0.15) is 23.3 Å². The van der Waals surface area contributed by atoms with Gasteiger partial charge < -0.3 is 18.8 Å². The van der Waals surface area contributed by atoms with Gasteiger partial charge in [-0.05, 0) is 53.9 Å². The molecule has 4 aromatic rings. The van der Waals surface area contributed by atoms with E-state index < -0.39 is 0 Å². The minimum Gasteiger partial charge on any atom is -0.497 e. The Morgan fingerprint density at radius 2 is 1.70 bits per heavy atom. The summed E-state index contributed by atoms with van der Waals surface area (Å²) in [6.45, 7) is 3.95. The summed E-state index contributed by atoms with van der Waals surface area (Å²) in [7, 11) is 1.60. The Morgan fingerprint density at radius 1 is 0.973 bits per heavy atom. The first kappa shape index (κ1) is 24.5. The molecule has 0 bridgehead atoms. The number of methoxy groups -OCH3 is 1. The first-order valence-corrected chi connectivity index (χ1v) is 12.3. The van der Waals surface area contributed by atoms with Gasteiger partial charge in [-0.3, -0.25) is 19.5 Å². The molecule has 0 aliphatic carbocycles. The molecule has 0 N–H and O–H groups in total. The van der Waals surface area contributed by atoms with E-state index in [1.54, 1.807) is 37.4 Å². The summed E-state index contributed by atoms with van der Waals surface area (Å²) in [5, 5.41) is 0.454. The van der Waals surface area contributed by atoms with E-state index in [-0.39, 0.29) is 17.9 Å². The standard InChI is InChI=1S/C29H29N3O5/c1-35-23-4-2-22(3-5-23)26-19-37-27-18-24(6-7-25(27)29(26)34)36-20-28(33)32-16-14-31(15-17-32)13-10-21-8-11-30-12-9-21/h2-9,11-12,18-19H,10,13-17,20H2,1H3. The maximum Gasteiger partial charge on any atom is 0.260 e. The normalized spacial score (nSPS) is 14.0. The number of pyridine rings is 1. The Balaban J connectivity index is 1.15. The summed E-state index contributed by atoms with van der Waals surface area (Å²) < 4.78 is 16.7. The van der Waals surface area contributed by atoms with Crippen molar-refractivity contribution >= 4 is 16.9 Å². The molecule has 1 fully saturated rings. The lowest BCUT2D eigenvalue weighted by molar-refractivity contribution is -0.135. The lowest BCUT2D eigenvalue weighted by Crippen LogP contribution is -2.50. The number of aromatic nitrogens is 1. The SMILES string of the molecule is COc1ccc(-c2coc3cc(OCC(=O)N4CCN(CCc5ccncc5)CC4)ccc3c2=O)cc1. The van der Waals surface area contributed by atoms with Crippen LogP contribution in [0.25, 0.3) is 22.1 Å². The zero-order chi connectivity index (χ0) is 25.6. The summed E-state index contributed by atoms with van der Waals surface area (Å²) >= 11 is 0. The van der Waals surface area contributed by atoms with E-state index in [1.807, 2.05) is 41.6 Å². The van der Waals surface area contributed by atoms with Crippen LogP contribution in [0.4, 0.5) is 0 Å². The predicted molar refractivity (Wildman–Crippen MR) is 141 cm³/mol. The molecule has 0 saturated carbocycles. The van der Waals surface area contributed by atoms with Crippen molar-refractivity contribution in [2.75, 3.05) is 46.4 Å². The molecule has 1 amide bonds. The van der Waals surface area contributed by atoms with Gasteiger partial charge in [0.05, 0.1) is 18.1 Å². The third kappa shape index (κ3) is 5.81. The fourth-order valence-electron chi connectivity index (χ4n) is 4.46. The van der Waals surface area contributed by atoms with E-state index in [0.717, 1.165) is 31.6 Å². The number of nitrogens with zero attached hydrogens (tertiary/aromatic N) is 3. The van der Waals surface area contributed by atoms with Gasteiger partial charge in [0, 0.05) is 51.2 Å². The molecule has 1 aliphatic rings. The molecule has 3 heterocycles. The molecule has 1 aliphatic heterocycles. The quantitative estimate of drug-likeness (QED) is 0.366. The van der Waals surface area contributed by atoms with Crippen LogP contribution in [0.2, 0.25) is 0 Å². The number of hydrogen-bond acceptors (Lipinski definition) is 7. The van der Waals surface area contributed by atoms with Gasteiger partial charge >= 0.3 is 0 Å². The lowest BCUT2D eigenvalue weighted by atomic mass is 10.1. The first-order chi connectivity index (χ1) is 18.1. The second kappa shape index (κ2) is 11.3. The number of amides is 1. The average molecular weight is 500 g/mol. The van der Waals surface area contributed by atoms with Crippen molar-refractivity contribution in [1.82, 2.24) is 14.8 Å². The van der Waals surface area contributed by atoms with Crippen molar-refractivity contribution in [1.29, 1.82) is 0 Å².